The zero-order valence-electron chi connectivity index (χ0n) is 13.7. The van der Waals surface area contributed by atoms with E-state index >= 15 is 0 Å². The molecule has 0 saturated carbocycles. The van der Waals surface area contributed by atoms with Crippen molar-refractivity contribution in [1.82, 2.24) is 4.98 Å². The zero-order valence-corrected chi connectivity index (χ0v) is 13.7. The SMILES string of the molecule is N#CCc1ccc(Oc2ccc(NC(=O)c3cc[nH]c(=O)c3)cc2)cc1. The molecule has 1 aromatic heterocycles. The van der Waals surface area contributed by atoms with Gasteiger partial charge in [0.2, 0.25) is 5.56 Å². The first-order chi connectivity index (χ1) is 12.6. The van der Waals surface area contributed by atoms with Gasteiger partial charge in [0.05, 0.1) is 12.5 Å². The van der Waals surface area contributed by atoms with Crippen LogP contribution in [0.1, 0.15) is 15.9 Å². The molecule has 2 aromatic carbocycles. The maximum Gasteiger partial charge on any atom is 0.255 e. The molecule has 0 aliphatic heterocycles. The van der Waals surface area contributed by atoms with Gasteiger partial charge in [-0.1, -0.05) is 12.1 Å². The molecule has 6 nitrogen and oxygen atoms in total. The number of H-pyrrole nitrogens is 1. The summed E-state index contributed by atoms with van der Waals surface area (Å²) in [6, 6.07) is 19.0. The normalized spacial score (nSPS) is 9.96. The van der Waals surface area contributed by atoms with Crippen LogP contribution < -0.4 is 15.6 Å². The lowest BCUT2D eigenvalue weighted by atomic mass is 10.2. The van der Waals surface area contributed by atoms with Gasteiger partial charge in [-0.3, -0.25) is 9.59 Å². The van der Waals surface area contributed by atoms with Gasteiger partial charge in [0.25, 0.3) is 5.91 Å². The summed E-state index contributed by atoms with van der Waals surface area (Å²) in [5.41, 5.74) is 1.47. The maximum atomic E-state index is 12.1. The number of aromatic amines is 1. The number of hydrogen-bond acceptors (Lipinski definition) is 4. The van der Waals surface area contributed by atoms with Gasteiger partial charge in [-0.05, 0) is 48.0 Å². The number of anilines is 1. The number of hydrogen-bond donors (Lipinski definition) is 2. The minimum Gasteiger partial charge on any atom is -0.457 e. The molecule has 26 heavy (non-hydrogen) atoms. The second-order valence-electron chi connectivity index (χ2n) is 5.50. The maximum absolute atomic E-state index is 12.1. The Balaban J connectivity index is 1.64. The predicted octanol–water partition coefficient (Wildman–Crippen LogP) is 3.49. The summed E-state index contributed by atoms with van der Waals surface area (Å²) in [5, 5.41) is 11.4. The number of nitriles is 1. The van der Waals surface area contributed by atoms with Crippen molar-refractivity contribution >= 4 is 11.6 Å². The van der Waals surface area contributed by atoms with Crippen LogP contribution in [-0.2, 0) is 6.42 Å². The highest BCUT2D eigenvalue weighted by Crippen LogP contribution is 2.23. The largest absolute Gasteiger partial charge is 0.457 e. The van der Waals surface area contributed by atoms with Crippen molar-refractivity contribution < 1.29 is 9.53 Å². The number of rotatable bonds is 5. The van der Waals surface area contributed by atoms with E-state index in [4.69, 9.17) is 10.00 Å². The van der Waals surface area contributed by atoms with Gasteiger partial charge in [-0.15, -0.1) is 0 Å². The second-order valence-corrected chi connectivity index (χ2v) is 5.50. The van der Waals surface area contributed by atoms with E-state index in [0.717, 1.165) is 5.56 Å². The van der Waals surface area contributed by atoms with E-state index in [9.17, 15) is 9.59 Å². The van der Waals surface area contributed by atoms with Crippen LogP contribution in [0.5, 0.6) is 11.5 Å². The van der Waals surface area contributed by atoms with Gasteiger partial charge in [0.15, 0.2) is 0 Å². The highest BCUT2D eigenvalue weighted by molar-refractivity contribution is 6.04. The Morgan fingerprint density at radius 3 is 2.31 bits per heavy atom. The summed E-state index contributed by atoms with van der Waals surface area (Å²) in [4.78, 5) is 25.8. The molecule has 0 aliphatic rings. The first-order valence-corrected chi connectivity index (χ1v) is 7.88. The number of nitrogens with zero attached hydrogens (tertiary/aromatic N) is 1. The first kappa shape index (κ1) is 17.0. The molecule has 128 valence electrons. The molecule has 1 amide bonds. The average Bonchev–Trinajstić information content (AvgIpc) is 2.65. The third-order valence-electron chi connectivity index (χ3n) is 3.59. The Morgan fingerprint density at radius 1 is 1.04 bits per heavy atom. The lowest BCUT2D eigenvalue weighted by molar-refractivity contribution is 0.102. The van der Waals surface area contributed by atoms with Crippen molar-refractivity contribution in [2.45, 2.75) is 6.42 Å². The number of carbonyl (C=O) groups is 1. The van der Waals surface area contributed by atoms with Crippen molar-refractivity contribution in [3.05, 3.63) is 88.3 Å². The molecule has 0 spiro atoms. The van der Waals surface area contributed by atoms with Gasteiger partial charge in [-0.25, -0.2) is 0 Å². The van der Waals surface area contributed by atoms with Crippen molar-refractivity contribution in [3.8, 4) is 17.6 Å². The number of aromatic nitrogens is 1. The van der Waals surface area contributed by atoms with Crippen molar-refractivity contribution in [2.24, 2.45) is 0 Å². The van der Waals surface area contributed by atoms with Crippen molar-refractivity contribution in [1.29, 1.82) is 5.26 Å². The zero-order chi connectivity index (χ0) is 18.4. The lowest BCUT2D eigenvalue weighted by Crippen LogP contribution is -2.15. The summed E-state index contributed by atoms with van der Waals surface area (Å²) >= 11 is 0. The first-order valence-electron chi connectivity index (χ1n) is 7.88. The molecule has 0 atom stereocenters. The van der Waals surface area contributed by atoms with E-state index in [1.165, 1.54) is 18.3 Å². The molecule has 0 aliphatic carbocycles. The molecule has 3 rings (SSSR count). The minimum absolute atomic E-state index is 0.284. The molecule has 0 bridgehead atoms. The minimum atomic E-state index is -0.363. The number of ether oxygens (including phenoxy) is 1. The summed E-state index contributed by atoms with van der Waals surface area (Å²) in [6.07, 6.45) is 1.79. The molecule has 2 N–H and O–H groups in total. The van der Waals surface area contributed by atoms with Crippen molar-refractivity contribution in [2.75, 3.05) is 5.32 Å². The van der Waals surface area contributed by atoms with E-state index in [1.807, 2.05) is 12.1 Å². The van der Waals surface area contributed by atoms with E-state index in [0.29, 0.717) is 23.6 Å². The van der Waals surface area contributed by atoms with Gasteiger partial charge in [-0.2, -0.15) is 5.26 Å². The summed E-state index contributed by atoms with van der Waals surface area (Å²) in [6.45, 7) is 0. The van der Waals surface area contributed by atoms with Gasteiger partial charge in [0, 0.05) is 23.5 Å². The second kappa shape index (κ2) is 7.81. The van der Waals surface area contributed by atoms with Gasteiger partial charge in [0.1, 0.15) is 11.5 Å². The summed E-state index contributed by atoms with van der Waals surface area (Å²) in [5.74, 6) is 0.914. The van der Waals surface area contributed by atoms with Gasteiger partial charge < -0.3 is 15.0 Å². The molecule has 6 heteroatoms. The third kappa shape index (κ3) is 4.36. The molecule has 1 heterocycles. The van der Waals surface area contributed by atoms with Crippen molar-refractivity contribution in [3.63, 3.8) is 0 Å². The summed E-state index contributed by atoms with van der Waals surface area (Å²) < 4.78 is 5.73. The highest BCUT2D eigenvalue weighted by Gasteiger charge is 2.07. The number of amides is 1. The van der Waals surface area contributed by atoms with E-state index < -0.39 is 0 Å². The predicted molar refractivity (Wildman–Crippen MR) is 97.3 cm³/mol. The van der Waals surface area contributed by atoms with E-state index in [2.05, 4.69) is 16.4 Å². The fourth-order valence-electron chi connectivity index (χ4n) is 2.30. The molecule has 3 aromatic rings. The Hall–Kier alpha value is -3.85. The van der Waals surface area contributed by atoms with E-state index in [-0.39, 0.29) is 17.0 Å². The van der Waals surface area contributed by atoms with Crippen LogP contribution in [0.15, 0.2) is 71.7 Å². The molecular formula is C20H15N3O3. The van der Waals surface area contributed by atoms with Crippen LogP contribution in [0, 0.1) is 11.3 Å². The van der Waals surface area contributed by atoms with Crippen LogP contribution in [0.3, 0.4) is 0 Å². The Kier molecular flexibility index (Phi) is 5.11. The molecule has 0 unspecified atom stereocenters. The molecule has 0 fully saturated rings. The molecule has 0 radical (unpaired) electrons. The van der Waals surface area contributed by atoms with Crippen LogP contribution in [0.2, 0.25) is 0 Å². The fourth-order valence-corrected chi connectivity index (χ4v) is 2.30. The van der Waals surface area contributed by atoms with E-state index in [1.54, 1.807) is 36.4 Å². The monoisotopic (exact) mass is 345 g/mol. The average molecular weight is 345 g/mol. The number of benzene rings is 2. The van der Waals surface area contributed by atoms with Crippen LogP contribution in [0.4, 0.5) is 5.69 Å². The quantitative estimate of drug-likeness (QED) is 0.740. The Morgan fingerprint density at radius 2 is 1.69 bits per heavy atom. The third-order valence-corrected chi connectivity index (χ3v) is 3.59. The highest BCUT2D eigenvalue weighted by atomic mass is 16.5. The molecular weight excluding hydrogens is 330 g/mol. The molecule has 0 saturated heterocycles. The smallest absolute Gasteiger partial charge is 0.255 e. The van der Waals surface area contributed by atoms with Crippen LogP contribution in [0.25, 0.3) is 0 Å². The van der Waals surface area contributed by atoms with Gasteiger partial charge >= 0.3 is 0 Å². The summed E-state index contributed by atoms with van der Waals surface area (Å²) in [7, 11) is 0. The number of nitrogens with one attached hydrogen (secondary N) is 2. The standard InChI is InChI=1S/C20H15N3O3/c21-11-9-14-1-5-17(6-2-14)26-18-7-3-16(4-8-18)23-20(25)15-10-12-22-19(24)13-15/h1-8,10,12-13H,9H2,(H,22,24)(H,23,25). The van der Waals surface area contributed by atoms with Crippen LogP contribution in [-0.4, -0.2) is 10.9 Å². The fraction of sp³-hybridized carbons (Fsp3) is 0.0500. The Bertz CT molecular complexity index is 1000. The number of pyridine rings is 1. The van der Waals surface area contributed by atoms with Crippen LogP contribution >= 0.6 is 0 Å². The number of carbonyl (C=O) groups excluding carboxylic acids is 1. The Labute approximate surface area is 149 Å². The topological polar surface area (TPSA) is 95.0 Å². The lowest BCUT2D eigenvalue weighted by Gasteiger charge is -2.08.